The highest BCUT2D eigenvalue weighted by atomic mass is 31.2. The van der Waals surface area contributed by atoms with Gasteiger partial charge in [-0.2, -0.15) is 5.09 Å². The number of carbonyl (C=O) groups is 2. The van der Waals surface area contributed by atoms with E-state index < -0.39 is 67.8 Å². The van der Waals surface area contributed by atoms with E-state index in [-0.39, 0.29) is 11.5 Å². The molecule has 2 aromatic carbocycles. The molecule has 0 spiro atoms. The van der Waals surface area contributed by atoms with Gasteiger partial charge < -0.3 is 19.1 Å². The van der Waals surface area contributed by atoms with Crippen LogP contribution in [-0.4, -0.2) is 63.0 Å². The van der Waals surface area contributed by atoms with Crippen molar-refractivity contribution < 1.29 is 42.2 Å². The summed E-state index contributed by atoms with van der Waals surface area (Å²) in [5.41, 5.74) is -3.08. The number of hydrogen-bond acceptors (Lipinski definition) is 10. The van der Waals surface area contributed by atoms with E-state index in [0.717, 1.165) is 29.3 Å². The molecule has 2 heterocycles. The van der Waals surface area contributed by atoms with E-state index in [1.54, 1.807) is 19.9 Å². The highest BCUT2D eigenvalue weighted by molar-refractivity contribution is 7.52. The number of rotatable bonds is 13. The van der Waals surface area contributed by atoms with Gasteiger partial charge in [0.25, 0.3) is 5.56 Å². The van der Waals surface area contributed by atoms with E-state index in [1.807, 2.05) is 35.3 Å². The molecule has 0 saturated carbocycles. The molecule has 15 heteroatoms. The fourth-order valence-electron chi connectivity index (χ4n) is 4.50. The summed E-state index contributed by atoms with van der Waals surface area (Å²) in [5.74, 6) is -1.07. The van der Waals surface area contributed by atoms with Crippen molar-refractivity contribution in [3.8, 4) is 5.75 Å². The van der Waals surface area contributed by atoms with E-state index in [1.165, 1.54) is 37.3 Å². The molecule has 46 heavy (non-hydrogen) atoms. The zero-order chi connectivity index (χ0) is 33.6. The van der Waals surface area contributed by atoms with Crippen molar-refractivity contribution in [2.45, 2.75) is 63.9 Å². The highest BCUT2D eigenvalue weighted by Crippen LogP contribution is 2.47. The zero-order valence-electron chi connectivity index (χ0n) is 25.5. The van der Waals surface area contributed by atoms with Crippen molar-refractivity contribution in [3.63, 3.8) is 0 Å². The number of ketones is 1. The molecule has 1 aliphatic heterocycles. The van der Waals surface area contributed by atoms with Crippen LogP contribution in [0.2, 0.25) is 0 Å². The number of aliphatic hydroxyl groups excluding tert-OH is 1. The number of carbonyl (C=O) groups excluding carboxylic acids is 2. The van der Waals surface area contributed by atoms with Crippen molar-refractivity contribution >= 4 is 25.6 Å². The third-order valence-corrected chi connectivity index (χ3v) is 8.52. The number of alkyl halides is 1. The molecule has 0 radical (unpaired) electrons. The Labute approximate surface area is 263 Å². The van der Waals surface area contributed by atoms with Gasteiger partial charge in [0.15, 0.2) is 17.7 Å². The number of aromatic amines is 1. The molecule has 1 saturated heterocycles. The van der Waals surface area contributed by atoms with Crippen LogP contribution in [0.5, 0.6) is 5.75 Å². The van der Waals surface area contributed by atoms with Crippen LogP contribution in [-0.2, 0) is 23.4 Å². The second-order valence-corrected chi connectivity index (χ2v) is 12.7. The molecule has 6 atom stereocenters. The first-order valence-electron chi connectivity index (χ1n) is 14.3. The Bertz CT molecular complexity index is 1720. The molecule has 1 aliphatic rings. The molecule has 13 nitrogen and oxygen atoms in total. The van der Waals surface area contributed by atoms with Gasteiger partial charge in [-0.3, -0.25) is 28.5 Å². The zero-order valence-corrected chi connectivity index (χ0v) is 26.4. The van der Waals surface area contributed by atoms with E-state index in [9.17, 15) is 28.8 Å². The Morgan fingerprint density at radius 1 is 1.13 bits per heavy atom. The summed E-state index contributed by atoms with van der Waals surface area (Å²) in [6.45, 7) is 4.91. The average Bonchev–Trinajstić information content (AvgIpc) is 3.23. The minimum Gasteiger partial charge on any atom is -0.462 e. The molecule has 1 fully saturated rings. The Balaban J connectivity index is 1.52. The van der Waals surface area contributed by atoms with Gasteiger partial charge in [0.2, 0.25) is 0 Å². The minimum atomic E-state index is -4.49. The largest absolute Gasteiger partial charge is 0.462 e. The maximum atomic E-state index is 15.7. The van der Waals surface area contributed by atoms with Crippen molar-refractivity contribution in [2.75, 3.05) is 6.61 Å². The normalized spacial score (nSPS) is 23.2. The molecule has 4 rings (SSSR count). The van der Waals surface area contributed by atoms with Gasteiger partial charge >= 0.3 is 19.4 Å². The first kappa shape index (κ1) is 34.7. The number of aliphatic hydroxyl groups is 1. The predicted octanol–water partition coefficient (Wildman–Crippen LogP) is 3.55. The lowest BCUT2D eigenvalue weighted by molar-refractivity contribution is -0.149. The molecule has 1 aromatic heterocycles. The van der Waals surface area contributed by atoms with Gasteiger partial charge in [-0.05, 0) is 63.6 Å². The second kappa shape index (κ2) is 14.5. The summed E-state index contributed by atoms with van der Waals surface area (Å²) >= 11 is 0. The van der Waals surface area contributed by atoms with Crippen LogP contribution in [0, 0.1) is 0 Å². The summed E-state index contributed by atoms with van der Waals surface area (Å²) in [6.07, 6.45) is -1.40. The van der Waals surface area contributed by atoms with Crippen molar-refractivity contribution in [2.24, 2.45) is 0 Å². The predicted molar refractivity (Wildman–Crippen MR) is 165 cm³/mol. The van der Waals surface area contributed by atoms with Crippen molar-refractivity contribution in [3.05, 3.63) is 105 Å². The van der Waals surface area contributed by atoms with E-state index in [2.05, 4.69) is 5.09 Å². The molecule has 0 amide bonds. The standard InChI is InChI=1S/C31H35FN3O10P/c1-19(2)43-28(39)20(3)34-46(41,45-23-13-11-22(12-14-23)24(36)15-10-21-8-6-5-7-9-21)42-18-25-27(38)31(4,32)29(44-25)35-17-16-26(37)33-30(35)40/h5-17,19-20,25,27,29,38H,18H2,1-4H3,(H,34,41)(H,33,37,40)/b15-10+/t20-,25+,27+,29+,31+,46?/m0/s1. The van der Waals surface area contributed by atoms with E-state index in [0.29, 0.717) is 5.56 Å². The molecular formula is C31H35FN3O10P. The maximum absolute atomic E-state index is 15.7. The number of allylic oxidation sites excluding steroid dienone is 1. The number of halogens is 1. The molecule has 1 unspecified atom stereocenters. The fraction of sp³-hybridized carbons (Fsp3) is 0.355. The first-order valence-corrected chi connectivity index (χ1v) is 15.9. The van der Waals surface area contributed by atoms with E-state index in [4.69, 9.17) is 18.5 Å². The third kappa shape index (κ3) is 8.53. The fourth-order valence-corrected chi connectivity index (χ4v) is 6.00. The minimum absolute atomic E-state index is 0.00950. The quantitative estimate of drug-likeness (QED) is 0.106. The third-order valence-electron chi connectivity index (χ3n) is 6.88. The number of hydrogen-bond donors (Lipinski definition) is 3. The maximum Gasteiger partial charge on any atom is 0.459 e. The smallest absolute Gasteiger partial charge is 0.459 e. The number of ether oxygens (including phenoxy) is 2. The number of benzene rings is 2. The monoisotopic (exact) mass is 659 g/mol. The Hall–Kier alpha value is -4.20. The van der Waals surface area contributed by atoms with Crippen LogP contribution < -0.4 is 20.9 Å². The summed E-state index contributed by atoms with van der Waals surface area (Å²) in [6, 6.07) is 14.6. The highest BCUT2D eigenvalue weighted by Gasteiger charge is 2.56. The Morgan fingerprint density at radius 2 is 1.80 bits per heavy atom. The summed E-state index contributed by atoms with van der Waals surface area (Å²) in [4.78, 5) is 50.9. The van der Waals surface area contributed by atoms with Gasteiger partial charge in [-0.25, -0.2) is 13.8 Å². The molecule has 0 bridgehead atoms. The number of H-pyrrole nitrogens is 1. The molecule has 246 valence electrons. The first-order chi connectivity index (χ1) is 21.7. The summed E-state index contributed by atoms with van der Waals surface area (Å²) < 4.78 is 52.3. The van der Waals surface area contributed by atoms with Crippen LogP contribution in [0.1, 0.15) is 49.8 Å². The summed E-state index contributed by atoms with van der Waals surface area (Å²) in [7, 11) is -4.49. The molecular weight excluding hydrogens is 624 g/mol. The molecule has 3 aromatic rings. The van der Waals surface area contributed by atoms with Crippen molar-refractivity contribution in [1.82, 2.24) is 14.6 Å². The van der Waals surface area contributed by atoms with Gasteiger partial charge in [0, 0.05) is 17.8 Å². The van der Waals surface area contributed by atoms with Crippen LogP contribution in [0.4, 0.5) is 4.39 Å². The average molecular weight is 660 g/mol. The van der Waals surface area contributed by atoms with Gasteiger partial charge in [-0.1, -0.05) is 36.4 Å². The van der Waals surface area contributed by atoms with Crippen molar-refractivity contribution in [1.29, 1.82) is 0 Å². The summed E-state index contributed by atoms with van der Waals surface area (Å²) in [5, 5.41) is 13.2. The number of nitrogens with zero attached hydrogens (tertiary/aromatic N) is 1. The topological polar surface area (TPSA) is 175 Å². The number of nitrogens with one attached hydrogen (secondary N) is 2. The van der Waals surface area contributed by atoms with Crippen LogP contribution in [0.15, 0.2) is 82.5 Å². The lowest BCUT2D eigenvalue weighted by atomic mass is 9.98. The lowest BCUT2D eigenvalue weighted by Crippen LogP contribution is -2.43. The van der Waals surface area contributed by atoms with Crippen LogP contribution in [0.25, 0.3) is 6.08 Å². The molecule has 3 N–H and O–H groups in total. The van der Waals surface area contributed by atoms with Crippen LogP contribution >= 0.6 is 7.75 Å². The van der Waals surface area contributed by atoms with E-state index >= 15 is 4.39 Å². The SMILES string of the molecule is CC(C)OC(=O)[C@H](C)NP(=O)(OC[C@H]1O[C@@H](n2ccc(=O)[nH]c2=O)[C@](C)(F)[C@@H]1O)Oc1ccc(C(=O)/C=C/c2ccccc2)cc1. The van der Waals surface area contributed by atoms with Gasteiger partial charge in [-0.15, -0.1) is 0 Å². The second-order valence-electron chi connectivity index (χ2n) is 11.0. The van der Waals surface area contributed by atoms with Gasteiger partial charge in [0.1, 0.15) is 24.0 Å². The van der Waals surface area contributed by atoms with Gasteiger partial charge in [0.05, 0.1) is 12.7 Å². The number of esters is 1. The molecule has 0 aliphatic carbocycles. The Morgan fingerprint density at radius 3 is 2.43 bits per heavy atom. The Kier molecular flexibility index (Phi) is 10.9. The number of aromatic nitrogens is 2. The lowest BCUT2D eigenvalue weighted by Gasteiger charge is -2.25. The van der Waals surface area contributed by atoms with Crippen LogP contribution in [0.3, 0.4) is 0 Å².